The molecule has 2 aromatic rings. The number of ether oxygens (including phenoxy) is 2. The molecule has 0 spiro atoms. The van der Waals surface area contributed by atoms with Gasteiger partial charge in [-0.05, 0) is 50.2 Å². The molecule has 0 atom stereocenters. The molecule has 0 radical (unpaired) electrons. The first kappa shape index (κ1) is 21.7. The predicted octanol–water partition coefficient (Wildman–Crippen LogP) is 3.28. The van der Waals surface area contributed by atoms with Gasteiger partial charge >= 0.3 is 11.9 Å². The molecule has 0 heterocycles. The molecule has 0 aromatic heterocycles. The topological polar surface area (TPSA) is 90.0 Å². The summed E-state index contributed by atoms with van der Waals surface area (Å²) in [5.74, 6) is -1.45. The lowest BCUT2D eigenvalue weighted by Crippen LogP contribution is -2.37. The average Bonchev–Trinajstić information content (AvgIpc) is 2.67. The lowest BCUT2D eigenvalue weighted by Gasteiger charge is -2.25. The average molecular weight is 426 g/mol. The second-order valence-electron chi connectivity index (χ2n) is 5.51. The number of esters is 2. The first-order chi connectivity index (χ1) is 13.3. The van der Waals surface area contributed by atoms with Crippen molar-refractivity contribution in [2.75, 3.05) is 24.1 Å². The van der Waals surface area contributed by atoms with E-state index in [2.05, 4.69) is 0 Å². The highest BCUT2D eigenvalue weighted by Crippen LogP contribution is 2.28. The van der Waals surface area contributed by atoms with E-state index >= 15 is 0 Å². The van der Waals surface area contributed by atoms with Gasteiger partial charge in [-0.25, -0.2) is 13.2 Å². The van der Waals surface area contributed by atoms with E-state index in [0.717, 1.165) is 4.31 Å². The molecule has 2 aromatic carbocycles. The number of rotatable bonds is 8. The predicted molar refractivity (Wildman–Crippen MR) is 105 cm³/mol. The zero-order chi connectivity index (χ0) is 20.7. The van der Waals surface area contributed by atoms with E-state index in [0.29, 0.717) is 5.02 Å². The Balaban J connectivity index is 2.59. The minimum absolute atomic E-state index is 0.0175. The van der Waals surface area contributed by atoms with E-state index in [4.69, 9.17) is 21.1 Å². The number of sulfonamides is 1. The molecule has 0 bridgehead atoms. The van der Waals surface area contributed by atoms with E-state index in [1.54, 1.807) is 26.0 Å². The molecule has 9 heteroatoms. The third-order valence-corrected chi connectivity index (χ3v) is 5.67. The molecule has 2 rings (SSSR count). The maximum absolute atomic E-state index is 13.2. The standard InChI is InChI=1S/C19H20ClNO6S/c1-3-26-18(22)13-21(28(24,25)15-11-9-14(20)10-12-15)17-8-6-5-7-16(17)19(23)27-4-2/h5-12H,3-4,13H2,1-2H3. The first-order valence-corrected chi connectivity index (χ1v) is 10.3. The number of nitrogens with zero attached hydrogens (tertiary/aromatic N) is 1. The summed E-state index contributed by atoms with van der Waals surface area (Å²) in [6.45, 7) is 2.86. The van der Waals surface area contributed by atoms with Crippen LogP contribution < -0.4 is 4.31 Å². The molecule has 0 N–H and O–H groups in total. The Labute approximate surface area is 168 Å². The number of halogens is 1. The van der Waals surface area contributed by atoms with Crippen LogP contribution in [-0.4, -0.2) is 40.1 Å². The van der Waals surface area contributed by atoms with Gasteiger partial charge in [0.05, 0.1) is 29.4 Å². The smallest absolute Gasteiger partial charge is 0.340 e. The lowest BCUT2D eigenvalue weighted by molar-refractivity contribution is -0.141. The third-order valence-electron chi connectivity index (χ3n) is 3.65. The summed E-state index contributed by atoms with van der Waals surface area (Å²) in [6, 6.07) is 11.5. The Bertz CT molecular complexity index is 943. The van der Waals surface area contributed by atoms with Gasteiger partial charge in [-0.2, -0.15) is 0 Å². The number of carbonyl (C=O) groups excluding carboxylic acids is 2. The van der Waals surface area contributed by atoms with Crippen LogP contribution in [-0.2, 0) is 24.3 Å². The van der Waals surface area contributed by atoms with Gasteiger partial charge in [0.25, 0.3) is 10.0 Å². The normalized spacial score (nSPS) is 11.0. The summed E-state index contributed by atoms with van der Waals surface area (Å²) in [5.41, 5.74) is 0.0372. The quantitative estimate of drug-likeness (QED) is 0.603. The second-order valence-corrected chi connectivity index (χ2v) is 7.81. The van der Waals surface area contributed by atoms with Crippen LogP contribution in [0.25, 0.3) is 0 Å². The summed E-state index contributed by atoms with van der Waals surface area (Å²) in [7, 11) is -4.19. The molecular weight excluding hydrogens is 406 g/mol. The van der Waals surface area contributed by atoms with E-state index < -0.39 is 28.5 Å². The van der Waals surface area contributed by atoms with Crippen LogP contribution in [0.3, 0.4) is 0 Å². The van der Waals surface area contributed by atoms with Crippen LogP contribution in [0.5, 0.6) is 0 Å². The molecule has 0 saturated heterocycles. The maximum Gasteiger partial charge on any atom is 0.340 e. The monoisotopic (exact) mass is 425 g/mol. The van der Waals surface area contributed by atoms with Crippen LogP contribution >= 0.6 is 11.6 Å². The maximum atomic E-state index is 13.2. The largest absolute Gasteiger partial charge is 0.465 e. The summed E-state index contributed by atoms with van der Waals surface area (Å²) in [5, 5.41) is 0.364. The van der Waals surface area contributed by atoms with Gasteiger partial charge in [-0.15, -0.1) is 0 Å². The number of hydrogen-bond donors (Lipinski definition) is 0. The minimum Gasteiger partial charge on any atom is -0.465 e. The zero-order valence-electron chi connectivity index (χ0n) is 15.4. The van der Waals surface area contributed by atoms with Crippen molar-refractivity contribution in [3.05, 3.63) is 59.1 Å². The second kappa shape index (κ2) is 9.57. The number of para-hydroxylation sites is 1. The Morgan fingerprint density at radius 2 is 1.57 bits per heavy atom. The van der Waals surface area contributed by atoms with Gasteiger partial charge in [0.2, 0.25) is 0 Å². The SMILES string of the molecule is CCOC(=O)CN(c1ccccc1C(=O)OCC)S(=O)(=O)c1ccc(Cl)cc1. The van der Waals surface area contributed by atoms with Crippen molar-refractivity contribution in [1.82, 2.24) is 0 Å². The number of carbonyl (C=O) groups is 2. The van der Waals surface area contributed by atoms with Crippen molar-refractivity contribution in [2.45, 2.75) is 18.7 Å². The first-order valence-electron chi connectivity index (χ1n) is 8.51. The van der Waals surface area contributed by atoms with Gasteiger partial charge in [0.1, 0.15) is 6.54 Å². The highest BCUT2D eigenvalue weighted by molar-refractivity contribution is 7.92. The van der Waals surface area contributed by atoms with Crippen LogP contribution in [0.15, 0.2) is 53.4 Å². The van der Waals surface area contributed by atoms with Crippen LogP contribution in [0.4, 0.5) is 5.69 Å². The fourth-order valence-electron chi connectivity index (χ4n) is 2.43. The Morgan fingerprint density at radius 3 is 2.18 bits per heavy atom. The van der Waals surface area contributed by atoms with Crippen molar-refractivity contribution in [1.29, 1.82) is 0 Å². The molecule has 0 aliphatic carbocycles. The molecule has 150 valence electrons. The van der Waals surface area contributed by atoms with Gasteiger partial charge in [0, 0.05) is 5.02 Å². The number of hydrogen-bond acceptors (Lipinski definition) is 6. The van der Waals surface area contributed by atoms with Gasteiger partial charge in [-0.1, -0.05) is 23.7 Å². The van der Waals surface area contributed by atoms with E-state index in [1.807, 2.05) is 0 Å². The third kappa shape index (κ3) is 5.02. The summed E-state index contributed by atoms with van der Waals surface area (Å²) in [6.07, 6.45) is 0. The zero-order valence-corrected chi connectivity index (χ0v) is 17.0. The van der Waals surface area contributed by atoms with Crippen LogP contribution in [0.1, 0.15) is 24.2 Å². The summed E-state index contributed by atoms with van der Waals surface area (Å²) >= 11 is 5.84. The van der Waals surface area contributed by atoms with Crippen molar-refractivity contribution in [3.8, 4) is 0 Å². The van der Waals surface area contributed by atoms with Gasteiger partial charge in [-0.3, -0.25) is 9.10 Å². The van der Waals surface area contributed by atoms with Crippen molar-refractivity contribution < 1.29 is 27.5 Å². The van der Waals surface area contributed by atoms with Gasteiger partial charge < -0.3 is 9.47 Å². The highest BCUT2D eigenvalue weighted by atomic mass is 35.5. The minimum atomic E-state index is -4.19. The van der Waals surface area contributed by atoms with Crippen molar-refractivity contribution in [3.63, 3.8) is 0 Å². The molecular formula is C19H20ClNO6S. The molecule has 0 saturated carbocycles. The Morgan fingerprint density at radius 1 is 0.964 bits per heavy atom. The Kier molecular flexibility index (Phi) is 7.42. The molecule has 28 heavy (non-hydrogen) atoms. The van der Waals surface area contributed by atoms with Crippen LogP contribution in [0, 0.1) is 0 Å². The van der Waals surface area contributed by atoms with E-state index in [9.17, 15) is 18.0 Å². The molecule has 0 aliphatic heterocycles. The Hall–Kier alpha value is -2.58. The van der Waals surface area contributed by atoms with Crippen LogP contribution in [0.2, 0.25) is 5.02 Å². The van der Waals surface area contributed by atoms with Crippen molar-refractivity contribution in [2.24, 2.45) is 0 Å². The lowest BCUT2D eigenvalue weighted by atomic mass is 10.2. The summed E-state index contributed by atoms with van der Waals surface area (Å²) in [4.78, 5) is 24.3. The fraction of sp³-hybridized carbons (Fsp3) is 0.263. The fourth-order valence-corrected chi connectivity index (χ4v) is 3.98. The van der Waals surface area contributed by atoms with Gasteiger partial charge in [0.15, 0.2) is 0 Å². The molecule has 7 nitrogen and oxygen atoms in total. The van der Waals surface area contributed by atoms with E-state index in [1.165, 1.54) is 36.4 Å². The number of anilines is 1. The summed E-state index contributed by atoms with van der Waals surface area (Å²) < 4.78 is 37.2. The van der Waals surface area contributed by atoms with Crippen molar-refractivity contribution >= 4 is 39.3 Å². The highest BCUT2D eigenvalue weighted by Gasteiger charge is 2.31. The number of benzene rings is 2. The molecule has 0 amide bonds. The molecule has 0 aliphatic rings. The molecule has 0 fully saturated rings. The van der Waals surface area contributed by atoms with E-state index in [-0.39, 0.29) is 29.4 Å². The molecule has 0 unspecified atom stereocenters.